The molecule has 1 aromatic heterocycles. The van der Waals surface area contributed by atoms with Gasteiger partial charge in [0.05, 0.1) is 23.2 Å². The molecular weight excluding hydrogens is 356 g/mol. The van der Waals surface area contributed by atoms with Gasteiger partial charge in [0.1, 0.15) is 10.9 Å². The molecule has 0 amide bonds. The third kappa shape index (κ3) is 3.77. The lowest BCUT2D eigenvalue weighted by atomic mass is 10.0. The Morgan fingerprint density at radius 3 is 2.76 bits per heavy atom. The largest absolute Gasteiger partial charge is 0.493 e. The second-order valence-corrected chi connectivity index (χ2v) is 7.73. The first-order valence-corrected chi connectivity index (χ1v) is 9.45. The zero-order valence-electron chi connectivity index (χ0n) is 14.1. The van der Waals surface area contributed by atoms with E-state index in [1.807, 2.05) is 37.4 Å². The molecule has 1 N–H and O–H groups in total. The van der Waals surface area contributed by atoms with Crippen molar-refractivity contribution in [2.24, 2.45) is 0 Å². The summed E-state index contributed by atoms with van der Waals surface area (Å²) in [6, 6.07) is 5.54. The van der Waals surface area contributed by atoms with Crippen molar-refractivity contribution < 1.29 is 14.3 Å². The number of allylic oxidation sites excluding steroid dienone is 1. The van der Waals surface area contributed by atoms with Crippen molar-refractivity contribution >= 4 is 40.0 Å². The van der Waals surface area contributed by atoms with Crippen LogP contribution < -0.4 is 9.47 Å². The van der Waals surface area contributed by atoms with Crippen LogP contribution in [0.5, 0.6) is 11.5 Å². The van der Waals surface area contributed by atoms with Crippen molar-refractivity contribution in [1.29, 1.82) is 5.41 Å². The van der Waals surface area contributed by atoms with Crippen molar-refractivity contribution in [2.45, 2.75) is 25.9 Å². The molecule has 1 aromatic carbocycles. The van der Waals surface area contributed by atoms with Gasteiger partial charge in [0, 0.05) is 11.6 Å². The van der Waals surface area contributed by atoms with Crippen LogP contribution in [0.25, 0.3) is 6.08 Å². The van der Waals surface area contributed by atoms with Crippen LogP contribution in [0.15, 0.2) is 34.7 Å². The Morgan fingerprint density at radius 2 is 2.12 bits per heavy atom. The number of hydrogen-bond donors (Lipinski definition) is 1. The SMILES string of the molecule is COc1cc(/C=C2\SC(=N)[C@@H](c3nccs3)C2=O)ccc1OC(C)C. The third-order valence-corrected chi connectivity index (χ3v) is 5.37. The Kier molecular flexibility index (Phi) is 5.24. The number of ether oxygens (including phenoxy) is 2. The van der Waals surface area contributed by atoms with Crippen molar-refractivity contribution in [3.8, 4) is 11.5 Å². The fourth-order valence-electron chi connectivity index (χ4n) is 2.47. The minimum Gasteiger partial charge on any atom is -0.493 e. The van der Waals surface area contributed by atoms with Crippen molar-refractivity contribution in [2.75, 3.05) is 7.11 Å². The molecule has 0 radical (unpaired) electrons. The number of hydrogen-bond acceptors (Lipinski definition) is 7. The average molecular weight is 374 g/mol. The van der Waals surface area contributed by atoms with Gasteiger partial charge in [-0.2, -0.15) is 0 Å². The monoisotopic (exact) mass is 374 g/mol. The van der Waals surface area contributed by atoms with E-state index in [9.17, 15) is 4.79 Å². The number of nitrogens with zero attached hydrogens (tertiary/aromatic N) is 1. The number of carbonyl (C=O) groups is 1. The molecule has 0 bridgehead atoms. The molecule has 0 unspecified atom stereocenters. The molecule has 130 valence electrons. The number of carbonyl (C=O) groups excluding carboxylic acids is 1. The maximum Gasteiger partial charge on any atom is 0.186 e. The molecule has 2 heterocycles. The summed E-state index contributed by atoms with van der Waals surface area (Å²) in [6.07, 6.45) is 3.49. The lowest BCUT2D eigenvalue weighted by molar-refractivity contribution is -0.114. The molecule has 1 aliphatic rings. The average Bonchev–Trinajstić information content (AvgIpc) is 3.17. The normalized spacial score (nSPS) is 19.0. The molecule has 7 heteroatoms. The number of thiazole rings is 1. The molecule has 0 spiro atoms. The van der Waals surface area contributed by atoms with Crippen LogP contribution in [-0.2, 0) is 4.79 Å². The molecular formula is C18H18N2O3S2. The number of nitrogens with one attached hydrogen (secondary N) is 1. The van der Waals surface area contributed by atoms with Crippen LogP contribution in [0.4, 0.5) is 0 Å². The molecule has 0 saturated carbocycles. The summed E-state index contributed by atoms with van der Waals surface area (Å²) in [5.41, 5.74) is 0.830. The van der Waals surface area contributed by atoms with Gasteiger partial charge in [-0.05, 0) is 37.6 Å². The fourth-order valence-corrected chi connectivity index (χ4v) is 4.27. The molecule has 1 atom stereocenters. The molecule has 25 heavy (non-hydrogen) atoms. The topological polar surface area (TPSA) is 72.3 Å². The van der Waals surface area contributed by atoms with E-state index >= 15 is 0 Å². The Morgan fingerprint density at radius 1 is 1.32 bits per heavy atom. The number of aromatic nitrogens is 1. The van der Waals surface area contributed by atoms with Gasteiger partial charge in [0.2, 0.25) is 0 Å². The first-order chi connectivity index (χ1) is 12.0. The summed E-state index contributed by atoms with van der Waals surface area (Å²) in [4.78, 5) is 17.4. The van der Waals surface area contributed by atoms with Crippen LogP contribution in [0, 0.1) is 5.41 Å². The predicted molar refractivity (Wildman–Crippen MR) is 102 cm³/mol. The highest BCUT2D eigenvalue weighted by molar-refractivity contribution is 8.19. The van der Waals surface area contributed by atoms with Gasteiger partial charge in [-0.25, -0.2) is 4.98 Å². The van der Waals surface area contributed by atoms with E-state index in [1.165, 1.54) is 23.1 Å². The number of ketones is 1. The molecule has 1 saturated heterocycles. The Hall–Kier alpha value is -2.12. The van der Waals surface area contributed by atoms with E-state index in [2.05, 4.69) is 4.98 Å². The van der Waals surface area contributed by atoms with Crippen LogP contribution in [0.1, 0.15) is 30.3 Å². The lowest BCUT2D eigenvalue weighted by Crippen LogP contribution is -2.11. The second kappa shape index (κ2) is 7.41. The summed E-state index contributed by atoms with van der Waals surface area (Å²) in [5.74, 6) is 0.636. The summed E-state index contributed by atoms with van der Waals surface area (Å²) < 4.78 is 11.1. The predicted octanol–water partition coefficient (Wildman–Crippen LogP) is 4.36. The van der Waals surface area contributed by atoms with Crippen LogP contribution in [-0.4, -0.2) is 29.0 Å². The molecule has 2 aromatic rings. The number of methoxy groups -OCH3 is 1. The Labute approximate surface area is 154 Å². The van der Waals surface area contributed by atoms with Gasteiger partial charge in [-0.1, -0.05) is 17.8 Å². The van der Waals surface area contributed by atoms with E-state index in [0.29, 0.717) is 26.5 Å². The van der Waals surface area contributed by atoms with Crippen LogP contribution in [0.2, 0.25) is 0 Å². The number of benzene rings is 1. The molecule has 3 rings (SSSR count). The first-order valence-electron chi connectivity index (χ1n) is 7.76. The number of Topliss-reactive ketones (excluding diaryl/α,β-unsaturated/α-hetero) is 1. The maximum atomic E-state index is 12.7. The van der Waals surface area contributed by atoms with E-state index in [1.54, 1.807) is 19.4 Å². The summed E-state index contributed by atoms with van der Waals surface area (Å²) in [6.45, 7) is 3.90. The van der Waals surface area contributed by atoms with Gasteiger partial charge in [-0.15, -0.1) is 11.3 Å². The van der Waals surface area contributed by atoms with Crippen molar-refractivity contribution in [3.63, 3.8) is 0 Å². The Bertz CT molecular complexity index is 829. The highest BCUT2D eigenvalue weighted by atomic mass is 32.2. The van der Waals surface area contributed by atoms with E-state index < -0.39 is 5.92 Å². The summed E-state index contributed by atoms with van der Waals surface area (Å²) in [7, 11) is 1.59. The molecule has 1 aliphatic heterocycles. The first kappa shape index (κ1) is 17.7. The standard InChI is InChI=1S/C18H18N2O3S2/c1-10(2)23-12-5-4-11(8-13(12)22-3)9-14-16(21)15(17(19)25-14)18-20-6-7-24-18/h4-10,15,19H,1-3H3/b14-9-,19-17?/t15-/m0/s1. The third-order valence-electron chi connectivity index (χ3n) is 3.53. The van der Waals surface area contributed by atoms with Gasteiger partial charge < -0.3 is 9.47 Å². The highest BCUT2D eigenvalue weighted by Gasteiger charge is 2.38. The quantitative estimate of drug-likeness (QED) is 0.788. The summed E-state index contributed by atoms with van der Waals surface area (Å²) in [5, 5.41) is 10.9. The highest BCUT2D eigenvalue weighted by Crippen LogP contribution is 2.41. The minimum absolute atomic E-state index is 0.0459. The van der Waals surface area contributed by atoms with Crippen LogP contribution >= 0.6 is 23.1 Å². The van der Waals surface area contributed by atoms with Crippen LogP contribution in [0.3, 0.4) is 0 Å². The molecule has 1 fully saturated rings. The number of thioether (sulfide) groups is 1. The molecule has 0 aliphatic carbocycles. The minimum atomic E-state index is -0.568. The van der Waals surface area contributed by atoms with E-state index in [0.717, 1.165) is 5.56 Å². The maximum absolute atomic E-state index is 12.7. The van der Waals surface area contributed by atoms with Crippen molar-refractivity contribution in [1.82, 2.24) is 4.98 Å². The van der Waals surface area contributed by atoms with Gasteiger partial charge in [0.15, 0.2) is 17.3 Å². The van der Waals surface area contributed by atoms with Crippen molar-refractivity contribution in [3.05, 3.63) is 45.3 Å². The van der Waals surface area contributed by atoms with Gasteiger partial charge in [0.25, 0.3) is 0 Å². The lowest BCUT2D eigenvalue weighted by Gasteiger charge is -2.13. The zero-order chi connectivity index (χ0) is 18.0. The second-order valence-electron chi connectivity index (χ2n) is 5.72. The van der Waals surface area contributed by atoms with Gasteiger partial charge in [-0.3, -0.25) is 10.2 Å². The number of rotatable bonds is 5. The van der Waals surface area contributed by atoms with E-state index in [4.69, 9.17) is 14.9 Å². The van der Waals surface area contributed by atoms with Gasteiger partial charge >= 0.3 is 0 Å². The smallest absolute Gasteiger partial charge is 0.186 e. The zero-order valence-corrected chi connectivity index (χ0v) is 15.7. The molecule has 5 nitrogen and oxygen atoms in total. The summed E-state index contributed by atoms with van der Waals surface area (Å²) >= 11 is 2.59. The fraction of sp³-hybridized carbons (Fsp3) is 0.278. The van der Waals surface area contributed by atoms with E-state index in [-0.39, 0.29) is 11.9 Å². The Balaban J connectivity index is 1.88.